The van der Waals surface area contributed by atoms with Gasteiger partial charge in [0.2, 0.25) is 5.76 Å². The molecule has 1 fully saturated rings. The Morgan fingerprint density at radius 1 is 1.65 bits per heavy atom. The van der Waals surface area contributed by atoms with Crippen LogP contribution in [0.5, 0.6) is 0 Å². The van der Waals surface area contributed by atoms with Crippen molar-refractivity contribution in [3.05, 3.63) is 17.8 Å². The molecule has 5 nitrogen and oxygen atoms in total. The summed E-state index contributed by atoms with van der Waals surface area (Å²) < 4.78 is 5.10. The summed E-state index contributed by atoms with van der Waals surface area (Å²) in [5.74, 6) is 0.0422. The summed E-state index contributed by atoms with van der Waals surface area (Å²) in [4.78, 5) is 17.8. The lowest BCUT2D eigenvalue weighted by molar-refractivity contribution is 0.0676. The molecule has 1 aliphatic carbocycles. The van der Waals surface area contributed by atoms with E-state index in [1.54, 1.807) is 11.8 Å². The fraction of sp³-hybridized carbons (Fsp3) is 0.583. The molecule has 0 spiro atoms. The molecule has 1 aliphatic rings. The first-order valence-electron chi connectivity index (χ1n) is 5.82. The average Bonchev–Trinajstić information content (AvgIpc) is 2.95. The van der Waals surface area contributed by atoms with E-state index in [4.69, 9.17) is 9.68 Å². The summed E-state index contributed by atoms with van der Waals surface area (Å²) in [6.07, 6.45) is 5.45. The largest absolute Gasteiger partial charge is 0.438 e. The normalized spacial score (nSPS) is 15.8. The van der Waals surface area contributed by atoms with Gasteiger partial charge in [0.1, 0.15) is 6.54 Å². The molecule has 1 aromatic rings. The number of hydrogen-bond acceptors (Lipinski definition) is 4. The first-order chi connectivity index (χ1) is 8.24. The number of oxazole rings is 1. The van der Waals surface area contributed by atoms with E-state index >= 15 is 0 Å². The van der Waals surface area contributed by atoms with Gasteiger partial charge in [-0.1, -0.05) is 12.8 Å². The molecule has 0 radical (unpaired) electrons. The third-order valence-electron chi connectivity index (χ3n) is 3.21. The lowest BCUT2D eigenvalue weighted by Crippen LogP contribution is -2.39. The van der Waals surface area contributed by atoms with Crippen LogP contribution in [-0.4, -0.2) is 28.4 Å². The number of carbonyl (C=O) groups is 1. The minimum atomic E-state index is -0.214. The van der Waals surface area contributed by atoms with Crippen molar-refractivity contribution in [1.29, 1.82) is 5.26 Å². The van der Waals surface area contributed by atoms with Gasteiger partial charge in [0.05, 0.1) is 11.8 Å². The fourth-order valence-corrected chi connectivity index (χ4v) is 2.30. The van der Waals surface area contributed by atoms with E-state index in [-0.39, 0.29) is 24.3 Å². The highest BCUT2D eigenvalue weighted by Gasteiger charge is 2.29. The maximum absolute atomic E-state index is 12.2. The standard InChI is InChI=1S/C12H15N3O2/c1-9-11(17-8-14-9)12(16)15(7-6-13)10-4-2-3-5-10/h8,10H,2-5,7H2,1H3. The number of rotatable bonds is 3. The van der Waals surface area contributed by atoms with Gasteiger partial charge in [0.15, 0.2) is 6.39 Å². The number of hydrogen-bond donors (Lipinski definition) is 0. The van der Waals surface area contributed by atoms with Crippen LogP contribution in [0.1, 0.15) is 41.9 Å². The highest BCUT2D eigenvalue weighted by molar-refractivity contribution is 5.92. The second-order valence-electron chi connectivity index (χ2n) is 4.30. The summed E-state index contributed by atoms with van der Waals surface area (Å²) in [6, 6.07) is 2.22. The second kappa shape index (κ2) is 5.00. The Kier molecular flexibility index (Phi) is 3.43. The summed E-state index contributed by atoms with van der Waals surface area (Å²) in [5.41, 5.74) is 0.580. The minimum absolute atomic E-state index is 0.115. The number of carbonyl (C=O) groups excluding carboxylic acids is 1. The van der Waals surface area contributed by atoms with Gasteiger partial charge in [0, 0.05) is 6.04 Å². The van der Waals surface area contributed by atoms with Gasteiger partial charge in [-0.3, -0.25) is 4.79 Å². The third kappa shape index (κ3) is 2.31. The van der Waals surface area contributed by atoms with Crippen LogP contribution in [0.25, 0.3) is 0 Å². The third-order valence-corrected chi connectivity index (χ3v) is 3.21. The van der Waals surface area contributed by atoms with Gasteiger partial charge >= 0.3 is 0 Å². The number of amides is 1. The van der Waals surface area contributed by atoms with Crippen LogP contribution in [0.4, 0.5) is 0 Å². The van der Waals surface area contributed by atoms with E-state index < -0.39 is 0 Å². The number of nitrogens with zero attached hydrogens (tertiary/aromatic N) is 3. The Morgan fingerprint density at radius 2 is 2.35 bits per heavy atom. The van der Waals surface area contributed by atoms with Crippen molar-refractivity contribution in [3.8, 4) is 6.07 Å². The van der Waals surface area contributed by atoms with Gasteiger partial charge in [-0.15, -0.1) is 0 Å². The molecule has 0 unspecified atom stereocenters. The average molecular weight is 233 g/mol. The molecule has 1 saturated carbocycles. The van der Waals surface area contributed by atoms with Crippen LogP contribution in [0.2, 0.25) is 0 Å². The molecule has 0 atom stereocenters. The number of nitriles is 1. The van der Waals surface area contributed by atoms with Crippen LogP contribution < -0.4 is 0 Å². The van der Waals surface area contributed by atoms with E-state index in [1.165, 1.54) is 6.39 Å². The SMILES string of the molecule is Cc1ncoc1C(=O)N(CC#N)C1CCCC1. The van der Waals surface area contributed by atoms with E-state index in [0.717, 1.165) is 25.7 Å². The molecule has 90 valence electrons. The predicted molar refractivity (Wildman–Crippen MR) is 60.1 cm³/mol. The van der Waals surface area contributed by atoms with E-state index in [9.17, 15) is 4.79 Å². The summed E-state index contributed by atoms with van der Waals surface area (Å²) in [5, 5.41) is 8.82. The molecule has 17 heavy (non-hydrogen) atoms. The summed E-state index contributed by atoms with van der Waals surface area (Å²) >= 11 is 0. The molecule has 1 heterocycles. The summed E-state index contributed by atoms with van der Waals surface area (Å²) in [7, 11) is 0. The van der Waals surface area contributed by atoms with Gasteiger partial charge in [-0.25, -0.2) is 4.98 Å². The van der Waals surface area contributed by atoms with Crippen LogP contribution >= 0.6 is 0 Å². The van der Waals surface area contributed by atoms with Gasteiger partial charge in [-0.05, 0) is 19.8 Å². The lowest BCUT2D eigenvalue weighted by Gasteiger charge is -2.25. The predicted octanol–water partition coefficient (Wildman–Crippen LogP) is 1.89. The van der Waals surface area contributed by atoms with Crippen molar-refractivity contribution < 1.29 is 9.21 Å². The van der Waals surface area contributed by atoms with Crippen molar-refractivity contribution in [2.24, 2.45) is 0 Å². The molecular formula is C12H15N3O2. The smallest absolute Gasteiger partial charge is 0.292 e. The molecule has 0 saturated heterocycles. The Balaban J connectivity index is 2.19. The van der Waals surface area contributed by atoms with Crippen molar-refractivity contribution in [2.45, 2.75) is 38.6 Å². The first kappa shape index (κ1) is 11.6. The maximum atomic E-state index is 12.2. The monoisotopic (exact) mass is 233 g/mol. The van der Waals surface area contributed by atoms with E-state index in [1.807, 2.05) is 0 Å². The topological polar surface area (TPSA) is 70.1 Å². The molecule has 5 heteroatoms. The molecule has 0 aromatic carbocycles. The zero-order valence-corrected chi connectivity index (χ0v) is 9.85. The number of aromatic nitrogens is 1. The molecular weight excluding hydrogens is 218 g/mol. The molecule has 1 aromatic heterocycles. The Morgan fingerprint density at radius 3 is 2.88 bits per heavy atom. The Hall–Kier alpha value is -1.83. The molecule has 0 bridgehead atoms. The molecule has 2 rings (SSSR count). The highest BCUT2D eigenvalue weighted by Crippen LogP contribution is 2.25. The molecule has 0 aliphatic heterocycles. The number of aryl methyl sites for hydroxylation is 1. The maximum Gasteiger partial charge on any atom is 0.292 e. The summed E-state index contributed by atoms with van der Waals surface area (Å²) in [6.45, 7) is 1.85. The van der Waals surface area contributed by atoms with Crippen LogP contribution in [0.3, 0.4) is 0 Å². The first-order valence-corrected chi connectivity index (χ1v) is 5.82. The van der Waals surface area contributed by atoms with Crippen LogP contribution in [0.15, 0.2) is 10.8 Å². The van der Waals surface area contributed by atoms with E-state index in [0.29, 0.717) is 5.69 Å². The Labute approximate surface area is 100 Å². The second-order valence-corrected chi connectivity index (χ2v) is 4.30. The van der Waals surface area contributed by atoms with Crippen molar-refractivity contribution in [3.63, 3.8) is 0 Å². The van der Waals surface area contributed by atoms with Crippen molar-refractivity contribution >= 4 is 5.91 Å². The minimum Gasteiger partial charge on any atom is -0.438 e. The molecule has 1 amide bonds. The van der Waals surface area contributed by atoms with Crippen molar-refractivity contribution in [2.75, 3.05) is 6.54 Å². The molecule has 0 N–H and O–H groups in total. The van der Waals surface area contributed by atoms with Gasteiger partial charge in [-0.2, -0.15) is 5.26 Å². The van der Waals surface area contributed by atoms with Gasteiger partial charge < -0.3 is 9.32 Å². The fourth-order valence-electron chi connectivity index (χ4n) is 2.30. The van der Waals surface area contributed by atoms with E-state index in [2.05, 4.69) is 11.1 Å². The van der Waals surface area contributed by atoms with Gasteiger partial charge in [0.25, 0.3) is 5.91 Å². The highest BCUT2D eigenvalue weighted by atomic mass is 16.3. The Bertz CT molecular complexity index is 441. The quantitative estimate of drug-likeness (QED) is 0.747. The van der Waals surface area contributed by atoms with Crippen LogP contribution in [-0.2, 0) is 0 Å². The lowest BCUT2D eigenvalue weighted by atomic mass is 10.2. The van der Waals surface area contributed by atoms with Crippen LogP contribution in [0, 0.1) is 18.3 Å². The zero-order chi connectivity index (χ0) is 12.3. The zero-order valence-electron chi connectivity index (χ0n) is 9.85. The van der Waals surface area contributed by atoms with Crippen molar-refractivity contribution in [1.82, 2.24) is 9.88 Å².